The van der Waals surface area contributed by atoms with Crippen molar-refractivity contribution < 1.29 is 28.5 Å². The molecule has 0 amide bonds. The molecule has 0 aliphatic carbocycles. The lowest BCUT2D eigenvalue weighted by molar-refractivity contribution is -0.145. The molecule has 0 aliphatic rings. The molecule has 0 radical (unpaired) electrons. The molecule has 7 heteroatoms. The van der Waals surface area contributed by atoms with Crippen LogP contribution in [-0.2, 0) is 19.1 Å². The second kappa shape index (κ2) is 11.3. The molecule has 7 nitrogen and oxygen atoms in total. The topological polar surface area (TPSA) is 97.1 Å². The maximum Gasteiger partial charge on any atom is 0.323 e. The minimum atomic E-state index is -0.689. The lowest BCUT2D eigenvalue weighted by Gasteiger charge is -2.15. The molecule has 25 heavy (non-hydrogen) atoms. The zero-order chi connectivity index (χ0) is 18.7. The van der Waals surface area contributed by atoms with Gasteiger partial charge in [-0.3, -0.25) is 9.59 Å². The van der Waals surface area contributed by atoms with E-state index in [2.05, 4.69) is 0 Å². The first-order valence-electron chi connectivity index (χ1n) is 8.43. The van der Waals surface area contributed by atoms with Crippen LogP contribution in [0.3, 0.4) is 0 Å². The molecule has 0 spiro atoms. The van der Waals surface area contributed by atoms with Crippen molar-refractivity contribution in [1.29, 1.82) is 0 Å². The van der Waals surface area contributed by atoms with Crippen LogP contribution in [0.15, 0.2) is 24.3 Å². The standard InChI is InChI=1S/C18H27NO6/c1-4-22-17(20)12-13(3)25-15-8-6-14(7-9-15)24-11-10-16(19)18(21)23-5-2/h6-9,13,16H,4-5,10-12,19H2,1-3H3. The number of carbonyl (C=O) groups is 2. The highest BCUT2D eigenvalue weighted by Gasteiger charge is 2.14. The Hall–Kier alpha value is -2.28. The van der Waals surface area contributed by atoms with Gasteiger partial charge in [0.1, 0.15) is 23.6 Å². The third-order valence-corrected chi connectivity index (χ3v) is 3.21. The van der Waals surface area contributed by atoms with Crippen molar-refractivity contribution in [3.05, 3.63) is 24.3 Å². The SMILES string of the molecule is CCOC(=O)CC(C)Oc1ccc(OCCC(N)C(=O)OCC)cc1. The number of carbonyl (C=O) groups excluding carboxylic acids is 2. The van der Waals surface area contributed by atoms with Crippen LogP contribution in [0.2, 0.25) is 0 Å². The van der Waals surface area contributed by atoms with Crippen LogP contribution in [0.1, 0.15) is 33.6 Å². The van der Waals surface area contributed by atoms with Crippen molar-refractivity contribution in [3.63, 3.8) is 0 Å². The van der Waals surface area contributed by atoms with E-state index in [1.807, 2.05) is 0 Å². The van der Waals surface area contributed by atoms with Crippen molar-refractivity contribution in [1.82, 2.24) is 0 Å². The average molecular weight is 353 g/mol. The summed E-state index contributed by atoms with van der Waals surface area (Å²) >= 11 is 0. The van der Waals surface area contributed by atoms with Crippen molar-refractivity contribution in [3.8, 4) is 11.5 Å². The first kappa shape index (κ1) is 20.8. The number of rotatable bonds is 11. The van der Waals surface area contributed by atoms with Gasteiger partial charge in [0.25, 0.3) is 0 Å². The maximum absolute atomic E-state index is 11.4. The van der Waals surface area contributed by atoms with Gasteiger partial charge >= 0.3 is 11.9 Å². The smallest absolute Gasteiger partial charge is 0.323 e. The van der Waals surface area contributed by atoms with Gasteiger partial charge in [-0.05, 0) is 45.0 Å². The van der Waals surface area contributed by atoms with Gasteiger partial charge in [-0.15, -0.1) is 0 Å². The number of nitrogens with two attached hydrogens (primary N) is 1. The summed E-state index contributed by atoms with van der Waals surface area (Å²) in [5.41, 5.74) is 5.70. The summed E-state index contributed by atoms with van der Waals surface area (Å²) in [7, 11) is 0. The molecule has 2 unspecified atom stereocenters. The molecule has 0 heterocycles. The summed E-state index contributed by atoms with van der Waals surface area (Å²) in [4.78, 5) is 22.8. The highest BCUT2D eigenvalue weighted by Crippen LogP contribution is 2.19. The zero-order valence-corrected chi connectivity index (χ0v) is 15.0. The molecular formula is C18H27NO6. The zero-order valence-electron chi connectivity index (χ0n) is 15.0. The quantitative estimate of drug-likeness (QED) is 0.608. The molecule has 0 saturated carbocycles. The van der Waals surface area contributed by atoms with Gasteiger partial charge in [-0.1, -0.05) is 0 Å². The number of esters is 2. The van der Waals surface area contributed by atoms with Crippen LogP contribution in [0.4, 0.5) is 0 Å². The molecule has 2 atom stereocenters. The molecular weight excluding hydrogens is 326 g/mol. The van der Waals surface area contributed by atoms with Crippen LogP contribution in [0, 0.1) is 0 Å². The van der Waals surface area contributed by atoms with E-state index in [4.69, 9.17) is 24.7 Å². The summed E-state index contributed by atoms with van der Waals surface area (Å²) in [6.07, 6.45) is 0.277. The van der Waals surface area contributed by atoms with Crippen molar-refractivity contribution in [2.24, 2.45) is 5.73 Å². The van der Waals surface area contributed by atoms with Gasteiger partial charge in [0, 0.05) is 6.42 Å². The monoisotopic (exact) mass is 353 g/mol. The van der Waals surface area contributed by atoms with E-state index in [9.17, 15) is 9.59 Å². The first-order chi connectivity index (χ1) is 12.0. The average Bonchev–Trinajstić information content (AvgIpc) is 2.56. The van der Waals surface area contributed by atoms with Gasteiger partial charge in [0.05, 0.1) is 26.2 Å². The van der Waals surface area contributed by atoms with Crippen LogP contribution >= 0.6 is 0 Å². The van der Waals surface area contributed by atoms with E-state index in [1.54, 1.807) is 45.0 Å². The lowest BCUT2D eigenvalue weighted by atomic mass is 10.2. The molecule has 0 bridgehead atoms. The second-order valence-corrected chi connectivity index (χ2v) is 5.40. The predicted octanol–water partition coefficient (Wildman–Crippen LogP) is 2.07. The maximum atomic E-state index is 11.4. The number of hydrogen-bond donors (Lipinski definition) is 1. The highest BCUT2D eigenvalue weighted by molar-refractivity contribution is 5.75. The molecule has 0 aliphatic heterocycles. The summed E-state index contributed by atoms with van der Waals surface area (Å²) < 4.78 is 20.9. The fraction of sp³-hybridized carbons (Fsp3) is 0.556. The van der Waals surface area contributed by atoms with E-state index in [0.717, 1.165) is 0 Å². The van der Waals surface area contributed by atoms with Crippen LogP contribution < -0.4 is 15.2 Å². The fourth-order valence-corrected chi connectivity index (χ4v) is 2.01. The number of hydrogen-bond acceptors (Lipinski definition) is 7. The third-order valence-electron chi connectivity index (χ3n) is 3.21. The van der Waals surface area contributed by atoms with Gasteiger partial charge in [0.2, 0.25) is 0 Å². The second-order valence-electron chi connectivity index (χ2n) is 5.40. The predicted molar refractivity (Wildman–Crippen MR) is 92.5 cm³/mol. The summed E-state index contributed by atoms with van der Waals surface area (Å²) in [5, 5.41) is 0. The highest BCUT2D eigenvalue weighted by atomic mass is 16.5. The number of ether oxygens (including phenoxy) is 4. The van der Waals surface area contributed by atoms with E-state index in [0.29, 0.717) is 37.7 Å². The lowest BCUT2D eigenvalue weighted by Crippen LogP contribution is -2.33. The molecule has 140 valence electrons. The van der Waals surface area contributed by atoms with Crippen molar-refractivity contribution in [2.45, 2.75) is 45.8 Å². The van der Waals surface area contributed by atoms with Crippen molar-refractivity contribution in [2.75, 3.05) is 19.8 Å². The normalized spacial score (nSPS) is 12.8. The first-order valence-corrected chi connectivity index (χ1v) is 8.43. The van der Waals surface area contributed by atoms with Gasteiger partial charge in [-0.2, -0.15) is 0 Å². The third kappa shape index (κ3) is 8.39. The van der Waals surface area contributed by atoms with Gasteiger partial charge in [0.15, 0.2) is 0 Å². The Labute approximate surface area is 148 Å². The summed E-state index contributed by atoms with van der Waals surface area (Å²) in [6, 6.07) is 6.32. The largest absolute Gasteiger partial charge is 0.494 e. The minimum Gasteiger partial charge on any atom is -0.494 e. The molecule has 0 saturated heterocycles. The Kier molecular flexibility index (Phi) is 9.39. The molecule has 1 aromatic rings. The van der Waals surface area contributed by atoms with Crippen LogP contribution in [0.25, 0.3) is 0 Å². The van der Waals surface area contributed by atoms with Crippen molar-refractivity contribution >= 4 is 11.9 Å². The summed E-state index contributed by atoms with van der Waals surface area (Å²) in [5.74, 6) is 0.562. The van der Waals surface area contributed by atoms with E-state index in [-0.39, 0.29) is 18.5 Å². The van der Waals surface area contributed by atoms with E-state index < -0.39 is 12.0 Å². The molecule has 1 aromatic carbocycles. The molecule has 2 N–H and O–H groups in total. The Morgan fingerprint density at radius 2 is 1.64 bits per heavy atom. The Balaban J connectivity index is 2.36. The van der Waals surface area contributed by atoms with E-state index in [1.165, 1.54) is 0 Å². The Morgan fingerprint density at radius 1 is 1.04 bits per heavy atom. The molecule has 0 aromatic heterocycles. The summed E-state index contributed by atoms with van der Waals surface area (Å²) in [6.45, 7) is 6.28. The minimum absolute atomic E-state index is 0.192. The van der Waals surface area contributed by atoms with E-state index >= 15 is 0 Å². The number of benzene rings is 1. The Bertz CT molecular complexity index is 531. The molecule has 0 fully saturated rings. The molecule has 1 rings (SSSR count). The Morgan fingerprint density at radius 3 is 2.24 bits per heavy atom. The van der Waals surface area contributed by atoms with Crippen LogP contribution in [-0.4, -0.2) is 43.9 Å². The van der Waals surface area contributed by atoms with Gasteiger partial charge in [-0.25, -0.2) is 0 Å². The van der Waals surface area contributed by atoms with Crippen LogP contribution in [0.5, 0.6) is 11.5 Å². The van der Waals surface area contributed by atoms with Gasteiger partial charge < -0.3 is 24.7 Å². The fourth-order valence-electron chi connectivity index (χ4n) is 2.01.